The highest BCUT2D eigenvalue weighted by Gasteiger charge is 2.32. The molecule has 1 aromatic rings. The molecule has 1 atom stereocenters. The van der Waals surface area contributed by atoms with Crippen LogP contribution in [0.4, 0.5) is 11.5 Å². The average molecular weight is 223 g/mol. The third-order valence-electron chi connectivity index (χ3n) is 3.09. The monoisotopic (exact) mass is 223 g/mol. The van der Waals surface area contributed by atoms with Crippen LogP contribution in [0.15, 0.2) is 0 Å². The lowest BCUT2D eigenvalue weighted by atomic mass is 10.2. The van der Waals surface area contributed by atoms with E-state index in [9.17, 15) is 4.79 Å². The quantitative estimate of drug-likeness (QED) is 0.724. The van der Waals surface area contributed by atoms with Gasteiger partial charge in [-0.05, 0) is 19.8 Å². The highest BCUT2D eigenvalue weighted by atomic mass is 16.1. The fourth-order valence-corrected chi connectivity index (χ4v) is 2.32. The van der Waals surface area contributed by atoms with Crippen LogP contribution in [0, 0.1) is 6.92 Å². The molecule has 88 valence electrons. The number of rotatable bonds is 2. The number of aryl methyl sites for hydroxylation is 2. The summed E-state index contributed by atoms with van der Waals surface area (Å²) in [6, 6.07) is -0.253. The Balaban J connectivity index is 2.40. The molecule has 0 aromatic carbocycles. The van der Waals surface area contributed by atoms with Gasteiger partial charge < -0.3 is 16.4 Å². The van der Waals surface area contributed by atoms with Crippen LogP contribution in [-0.2, 0) is 11.8 Å². The van der Waals surface area contributed by atoms with Crippen molar-refractivity contribution in [2.45, 2.75) is 25.8 Å². The minimum Gasteiger partial charge on any atom is -0.394 e. The minimum absolute atomic E-state index is 0.253. The molecule has 2 heterocycles. The van der Waals surface area contributed by atoms with Gasteiger partial charge in [-0.15, -0.1) is 0 Å². The molecular formula is C10H17N5O. The summed E-state index contributed by atoms with van der Waals surface area (Å²) < 4.78 is 1.71. The largest absolute Gasteiger partial charge is 0.394 e. The van der Waals surface area contributed by atoms with E-state index in [2.05, 4.69) is 5.10 Å². The van der Waals surface area contributed by atoms with Gasteiger partial charge in [-0.25, -0.2) is 0 Å². The van der Waals surface area contributed by atoms with Crippen molar-refractivity contribution >= 4 is 17.4 Å². The Morgan fingerprint density at radius 2 is 2.25 bits per heavy atom. The number of amides is 1. The smallest absolute Gasteiger partial charge is 0.240 e. The maximum absolute atomic E-state index is 11.3. The molecule has 1 fully saturated rings. The summed E-state index contributed by atoms with van der Waals surface area (Å²) in [7, 11) is 1.83. The van der Waals surface area contributed by atoms with E-state index in [0.717, 1.165) is 30.9 Å². The number of hydrogen-bond acceptors (Lipinski definition) is 4. The van der Waals surface area contributed by atoms with Gasteiger partial charge in [0.05, 0.1) is 11.4 Å². The average Bonchev–Trinajstić information content (AvgIpc) is 2.73. The van der Waals surface area contributed by atoms with Gasteiger partial charge in [0.15, 0.2) is 5.82 Å². The molecule has 1 aromatic heterocycles. The summed E-state index contributed by atoms with van der Waals surface area (Å²) in [5.41, 5.74) is 12.8. The van der Waals surface area contributed by atoms with E-state index >= 15 is 0 Å². The minimum atomic E-state index is -0.296. The van der Waals surface area contributed by atoms with Crippen LogP contribution in [0.3, 0.4) is 0 Å². The zero-order chi connectivity index (χ0) is 11.9. The number of primary amides is 1. The van der Waals surface area contributed by atoms with Crippen molar-refractivity contribution < 1.29 is 4.79 Å². The van der Waals surface area contributed by atoms with Crippen molar-refractivity contribution in [1.82, 2.24) is 9.78 Å². The SMILES string of the molecule is Cc1nn(C)c(N2CCCC2C(N)=O)c1N. The third kappa shape index (κ3) is 1.50. The van der Waals surface area contributed by atoms with Gasteiger partial charge in [0, 0.05) is 13.6 Å². The molecule has 0 saturated carbocycles. The number of carbonyl (C=O) groups is 1. The number of nitrogens with zero attached hydrogens (tertiary/aromatic N) is 3. The molecule has 0 spiro atoms. The molecule has 1 saturated heterocycles. The first kappa shape index (κ1) is 10.8. The van der Waals surface area contributed by atoms with Gasteiger partial charge in [-0.1, -0.05) is 0 Å². The lowest BCUT2D eigenvalue weighted by Gasteiger charge is -2.24. The van der Waals surface area contributed by atoms with Crippen LogP contribution in [-0.4, -0.2) is 28.3 Å². The first-order valence-electron chi connectivity index (χ1n) is 5.37. The molecule has 6 heteroatoms. The van der Waals surface area contributed by atoms with Crippen molar-refractivity contribution in [3.05, 3.63) is 5.69 Å². The second kappa shape index (κ2) is 3.70. The Hall–Kier alpha value is -1.72. The normalized spacial score (nSPS) is 20.4. The van der Waals surface area contributed by atoms with Gasteiger partial charge in [0.25, 0.3) is 0 Å². The van der Waals surface area contributed by atoms with E-state index in [0.29, 0.717) is 5.69 Å². The van der Waals surface area contributed by atoms with Crippen molar-refractivity contribution in [3.8, 4) is 0 Å². The molecule has 2 rings (SSSR count). The second-order valence-electron chi connectivity index (χ2n) is 4.20. The zero-order valence-electron chi connectivity index (χ0n) is 9.60. The first-order chi connectivity index (χ1) is 7.52. The fourth-order valence-electron chi connectivity index (χ4n) is 2.32. The van der Waals surface area contributed by atoms with Crippen LogP contribution < -0.4 is 16.4 Å². The first-order valence-corrected chi connectivity index (χ1v) is 5.37. The van der Waals surface area contributed by atoms with Crippen molar-refractivity contribution in [1.29, 1.82) is 0 Å². The molecule has 1 unspecified atom stereocenters. The lowest BCUT2D eigenvalue weighted by Crippen LogP contribution is -2.41. The fraction of sp³-hybridized carbons (Fsp3) is 0.600. The Labute approximate surface area is 94.2 Å². The maximum atomic E-state index is 11.3. The molecule has 4 N–H and O–H groups in total. The van der Waals surface area contributed by atoms with Gasteiger partial charge in [-0.3, -0.25) is 9.48 Å². The molecule has 0 bridgehead atoms. The Kier molecular flexibility index (Phi) is 2.49. The third-order valence-corrected chi connectivity index (χ3v) is 3.09. The maximum Gasteiger partial charge on any atom is 0.240 e. The highest BCUT2D eigenvalue weighted by molar-refractivity contribution is 5.85. The van der Waals surface area contributed by atoms with Crippen molar-refractivity contribution in [2.24, 2.45) is 12.8 Å². The van der Waals surface area contributed by atoms with E-state index in [1.807, 2.05) is 18.9 Å². The van der Waals surface area contributed by atoms with E-state index in [1.165, 1.54) is 0 Å². The van der Waals surface area contributed by atoms with E-state index in [4.69, 9.17) is 11.5 Å². The second-order valence-corrected chi connectivity index (χ2v) is 4.20. The number of hydrogen-bond donors (Lipinski definition) is 2. The summed E-state index contributed by atoms with van der Waals surface area (Å²) in [4.78, 5) is 13.3. The standard InChI is InChI=1S/C10H17N5O/c1-6-8(11)10(14(2)13-6)15-5-3-4-7(15)9(12)16/h7H,3-5,11H2,1-2H3,(H2,12,16). The number of nitrogen functional groups attached to an aromatic ring is 1. The van der Waals surface area contributed by atoms with Crippen molar-refractivity contribution in [3.63, 3.8) is 0 Å². The summed E-state index contributed by atoms with van der Waals surface area (Å²) in [6.45, 7) is 2.66. The summed E-state index contributed by atoms with van der Waals surface area (Å²) in [5.74, 6) is 0.509. The number of aromatic nitrogens is 2. The zero-order valence-corrected chi connectivity index (χ0v) is 9.60. The van der Waals surface area contributed by atoms with Gasteiger partial charge in [0.2, 0.25) is 5.91 Å². The van der Waals surface area contributed by atoms with Crippen LogP contribution in [0.5, 0.6) is 0 Å². The molecular weight excluding hydrogens is 206 g/mol. The summed E-state index contributed by atoms with van der Waals surface area (Å²) in [5, 5.41) is 4.25. The summed E-state index contributed by atoms with van der Waals surface area (Å²) in [6.07, 6.45) is 1.75. The molecule has 1 aliphatic rings. The molecule has 16 heavy (non-hydrogen) atoms. The van der Waals surface area contributed by atoms with Gasteiger partial charge >= 0.3 is 0 Å². The highest BCUT2D eigenvalue weighted by Crippen LogP contribution is 2.31. The molecule has 1 aliphatic heterocycles. The molecule has 6 nitrogen and oxygen atoms in total. The Bertz CT molecular complexity index is 425. The molecule has 0 radical (unpaired) electrons. The van der Waals surface area contributed by atoms with E-state index in [-0.39, 0.29) is 11.9 Å². The molecule has 0 aliphatic carbocycles. The van der Waals surface area contributed by atoms with Crippen LogP contribution in [0.2, 0.25) is 0 Å². The van der Waals surface area contributed by atoms with Crippen molar-refractivity contribution in [2.75, 3.05) is 17.2 Å². The van der Waals surface area contributed by atoms with Crippen LogP contribution >= 0.6 is 0 Å². The van der Waals surface area contributed by atoms with Gasteiger partial charge in [-0.2, -0.15) is 5.10 Å². The number of nitrogens with two attached hydrogens (primary N) is 2. The number of carbonyl (C=O) groups excluding carboxylic acids is 1. The van der Waals surface area contributed by atoms with Crippen LogP contribution in [0.25, 0.3) is 0 Å². The van der Waals surface area contributed by atoms with Gasteiger partial charge in [0.1, 0.15) is 6.04 Å². The Morgan fingerprint density at radius 1 is 1.56 bits per heavy atom. The predicted octanol–water partition coefficient (Wildman–Crippen LogP) is -0.235. The molecule has 1 amide bonds. The van der Waals surface area contributed by atoms with E-state index < -0.39 is 0 Å². The Morgan fingerprint density at radius 3 is 2.75 bits per heavy atom. The number of anilines is 2. The van der Waals surface area contributed by atoms with Crippen LogP contribution in [0.1, 0.15) is 18.5 Å². The predicted molar refractivity (Wildman–Crippen MR) is 61.9 cm³/mol. The van der Waals surface area contributed by atoms with E-state index in [1.54, 1.807) is 4.68 Å². The lowest BCUT2D eigenvalue weighted by molar-refractivity contribution is -0.119. The summed E-state index contributed by atoms with van der Waals surface area (Å²) >= 11 is 0. The topological polar surface area (TPSA) is 90.2 Å².